The molecular formula is C20H19ClFN3O3. The molecule has 2 aliphatic heterocycles. The van der Waals surface area contributed by atoms with E-state index in [1.54, 1.807) is 12.1 Å². The molecule has 2 fully saturated rings. The largest absolute Gasteiger partial charge is 0.506 e. The minimum atomic E-state index is -0.596. The zero-order chi connectivity index (χ0) is 19.8. The van der Waals surface area contributed by atoms with Crippen LogP contribution in [0.4, 0.5) is 15.8 Å². The third-order valence-corrected chi connectivity index (χ3v) is 5.55. The fourth-order valence-corrected chi connectivity index (χ4v) is 3.98. The van der Waals surface area contributed by atoms with Crippen molar-refractivity contribution in [3.05, 3.63) is 53.3 Å². The number of amides is 2. The van der Waals surface area contributed by atoms with Crippen molar-refractivity contribution < 1.29 is 19.1 Å². The Hall–Kier alpha value is -2.64. The van der Waals surface area contributed by atoms with E-state index >= 15 is 0 Å². The topological polar surface area (TPSA) is 64.1 Å². The Bertz CT molecular complexity index is 931. The number of hydrogen-bond acceptors (Lipinski definition) is 5. The quantitative estimate of drug-likeness (QED) is 0.798. The summed E-state index contributed by atoms with van der Waals surface area (Å²) in [6.07, 6.45) is 0.0877. The van der Waals surface area contributed by atoms with Gasteiger partial charge in [0, 0.05) is 26.2 Å². The molecule has 28 heavy (non-hydrogen) atoms. The summed E-state index contributed by atoms with van der Waals surface area (Å²) in [7, 11) is 0. The van der Waals surface area contributed by atoms with Crippen LogP contribution in [0.25, 0.3) is 0 Å². The van der Waals surface area contributed by atoms with Crippen LogP contribution in [0.3, 0.4) is 0 Å². The number of nitrogens with zero attached hydrogens (tertiary/aromatic N) is 3. The van der Waals surface area contributed by atoms with Gasteiger partial charge in [-0.2, -0.15) is 0 Å². The molecule has 0 aliphatic carbocycles. The SMILES string of the molecule is O=C1C[C@H](N2CCN(c3ccccc3O)CC2)C(=O)N1c1ccc(F)c(Cl)c1. The van der Waals surface area contributed by atoms with E-state index in [2.05, 4.69) is 4.90 Å². The van der Waals surface area contributed by atoms with Crippen molar-refractivity contribution >= 4 is 34.8 Å². The second-order valence-electron chi connectivity index (χ2n) is 6.90. The zero-order valence-electron chi connectivity index (χ0n) is 15.0. The van der Waals surface area contributed by atoms with Gasteiger partial charge in [0.25, 0.3) is 5.91 Å². The van der Waals surface area contributed by atoms with E-state index in [-0.39, 0.29) is 34.7 Å². The van der Waals surface area contributed by atoms with Crippen molar-refractivity contribution in [2.75, 3.05) is 36.0 Å². The number of carbonyl (C=O) groups is 2. The van der Waals surface area contributed by atoms with Gasteiger partial charge in [0.15, 0.2) is 0 Å². The lowest BCUT2D eigenvalue weighted by atomic mass is 10.1. The summed E-state index contributed by atoms with van der Waals surface area (Å²) in [5.74, 6) is -1.01. The monoisotopic (exact) mass is 403 g/mol. The molecule has 6 nitrogen and oxygen atoms in total. The van der Waals surface area contributed by atoms with Crippen LogP contribution in [-0.4, -0.2) is 54.0 Å². The molecule has 0 unspecified atom stereocenters. The van der Waals surface area contributed by atoms with Crippen LogP contribution in [0, 0.1) is 5.82 Å². The van der Waals surface area contributed by atoms with E-state index in [1.807, 2.05) is 17.0 Å². The molecule has 2 saturated heterocycles. The van der Waals surface area contributed by atoms with Crippen LogP contribution < -0.4 is 9.80 Å². The predicted octanol–water partition coefficient (Wildman–Crippen LogP) is 2.64. The lowest BCUT2D eigenvalue weighted by molar-refractivity contribution is -0.123. The van der Waals surface area contributed by atoms with Crippen LogP contribution in [0.1, 0.15) is 6.42 Å². The van der Waals surface area contributed by atoms with Crippen molar-refractivity contribution in [3.8, 4) is 5.75 Å². The predicted molar refractivity (Wildman–Crippen MR) is 104 cm³/mol. The van der Waals surface area contributed by atoms with Crippen LogP contribution >= 0.6 is 11.6 Å². The Balaban J connectivity index is 1.46. The van der Waals surface area contributed by atoms with Crippen LogP contribution in [0.15, 0.2) is 42.5 Å². The Labute approximate surface area is 166 Å². The minimum Gasteiger partial charge on any atom is -0.506 e. The van der Waals surface area contributed by atoms with Crippen molar-refractivity contribution in [1.29, 1.82) is 0 Å². The van der Waals surface area contributed by atoms with Gasteiger partial charge in [0.05, 0.1) is 28.9 Å². The Kier molecular flexibility index (Phi) is 4.95. The molecule has 2 aliphatic rings. The highest BCUT2D eigenvalue weighted by molar-refractivity contribution is 6.31. The average Bonchev–Trinajstić information content (AvgIpc) is 2.99. The highest BCUT2D eigenvalue weighted by atomic mass is 35.5. The molecule has 2 aromatic carbocycles. The Morgan fingerprint density at radius 1 is 1.04 bits per heavy atom. The highest BCUT2D eigenvalue weighted by Gasteiger charge is 2.43. The fourth-order valence-electron chi connectivity index (χ4n) is 3.80. The van der Waals surface area contributed by atoms with Gasteiger partial charge < -0.3 is 10.0 Å². The number of phenols is 1. The van der Waals surface area contributed by atoms with Gasteiger partial charge in [0.2, 0.25) is 5.91 Å². The zero-order valence-corrected chi connectivity index (χ0v) is 15.8. The number of phenolic OH excluding ortho intramolecular Hbond substituents is 1. The van der Waals surface area contributed by atoms with Gasteiger partial charge in [-0.15, -0.1) is 0 Å². The van der Waals surface area contributed by atoms with Gasteiger partial charge in [0.1, 0.15) is 11.6 Å². The molecule has 0 aromatic heterocycles. The second kappa shape index (κ2) is 7.41. The summed E-state index contributed by atoms with van der Waals surface area (Å²) in [5, 5.41) is 9.89. The summed E-state index contributed by atoms with van der Waals surface area (Å²) >= 11 is 5.80. The molecule has 4 rings (SSSR count). The molecule has 0 saturated carbocycles. The van der Waals surface area contributed by atoms with E-state index < -0.39 is 11.9 Å². The molecular weight excluding hydrogens is 385 g/mol. The smallest absolute Gasteiger partial charge is 0.251 e. The Morgan fingerprint density at radius 2 is 1.75 bits per heavy atom. The van der Waals surface area contributed by atoms with E-state index in [9.17, 15) is 19.1 Å². The van der Waals surface area contributed by atoms with E-state index in [0.29, 0.717) is 26.2 Å². The Morgan fingerprint density at radius 3 is 2.43 bits per heavy atom. The van der Waals surface area contributed by atoms with Gasteiger partial charge in [-0.1, -0.05) is 23.7 Å². The number of aromatic hydroxyl groups is 1. The molecule has 2 amide bonds. The van der Waals surface area contributed by atoms with E-state index in [0.717, 1.165) is 16.7 Å². The fraction of sp³-hybridized carbons (Fsp3) is 0.300. The highest BCUT2D eigenvalue weighted by Crippen LogP contribution is 2.31. The second-order valence-corrected chi connectivity index (χ2v) is 7.30. The first-order valence-electron chi connectivity index (χ1n) is 9.04. The summed E-state index contributed by atoms with van der Waals surface area (Å²) < 4.78 is 13.4. The lowest BCUT2D eigenvalue weighted by Crippen LogP contribution is -2.52. The standard InChI is InChI=1S/C20H19ClFN3O3/c21-14-11-13(5-6-15(14)22)25-19(27)12-17(20(25)28)24-9-7-23(8-10-24)16-3-1-2-4-18(16)26/h1-6,11,17,26H,7-10,12H2/t17-/m0/s1. The van der Waals surface area contributed by atoms with Crippen molar-refractivity contribution in [2.45, 2.75) is 12.5 Å². The number of anilines is 2. The number of benzene rings is 2. The first-order chi connectivity index (χ1) is 13.5. The molecule has 0 radical (unpaired) electrons. The van der Waals surface area contributed by atoms with Gasteiger partial charge in [-0.25, -0.2) is 9.29 Å². The molecule has 2 aromatic rings. The first-order valence-corrected chi connectivity index (χ1v) is 9.42. The van der Waals surface area contributed by atoms with Crippen molar-refractivity contribution in [1.82, 2.24) is 4.90 Å². The molecule has 1 atom stereocenters. The maximum absolute atomic E-state index is 13.4. The van der Waals surface area contributed by atoms with Gasteiger partial charge >= 0.3 is 0 Å². The van der Waals surface area contributed by atoms with E-state index in [1.165, 1.54) is 12.1 Å². The van der Waals surface area contributed by atoms with Crippen molar-refractivity contribution in [3.63, 3.8) is 0 Å². The summed E-state index contributed by atoms with van der Waals surface area (Å²) in [6.45, 7) is 2.46. The molecule has 2 heterocycles. The number of piperazine rings is 1. The maximum Gasteiger partial charge on any atom is 0.251 e. The number of rotatable bonds is 3. The molecule has 0 spiro atoms. The average molecular weight is 404 g/mol. The summed E-state index contributed by atoms with van der Waals surface area (Å²) in [5.41, 5.74) is 1.05. The van der Waals surface area contributed by atoms with Crippen molar-refractivity contribution in [2.24, 2.45) is 0 Å². The van der Waals surface area contributed by atoms with Gasteiger partial charge in [-0.3, -0.25) is 14.5 Å². The summed E-state index contributed by atoms with van der Waals surface area (Å²) in [6, 6.07) is 10.4. The number of halogens is 2. The number of hydrogen-bond donors (Lipinski definition) is 1. The van der Waals surface area contributed by atoms with Gasteiger partial charge in [-0.05, 0) is 30.3 Å². The first kappa shape index (κ1) is 18.7. The molecule has 0 bridgehead atoms. The third-order valence-electron chi connectivity index (χ3n) is 5.26. The number of carbonyl (C=O) groups excluding carboxylic acids is 2. The molecule has 1 N–H and O–H groups in total. The molecule has 146 valence electrons. The summed E-state index contributed by atoms with van der Waals surface area (Å²) in [4.78, 5) is 30.5. The lowest BCUT2D eigenvalue weighted by Gasteiger charge is -2.38. The molecule has 8 heteroatoms. The number of imide groups is 1. The van der Waals surface area contributed by atoms with E-state index in [4.69, 9.17) is 11.6 Å². The van der Waals surface area contributed by atoms with Crippen LogP contribution in [-0.2, 0) is 9.59 Å². The number of para-hydroxylation sites is 2. The van der Waals surface area contributed by atoms with Crippen LogP contribution in [0.2, 0.25) is 5.02 Å². The maximum atomic E-state index is 13.4. The van der Waals surface area contributed by atoms with Crippen LogP contribution in [0.5, 0.6) is 5.75 Å². The normalized spacial score (nSPS) is 20.9. The third kappa shape index (κ3) is 3.31. The minimum absolute atomic E-state index is 0.0877.